The van der Waals surface area contributed by atoms with Gasteiger partial charge < -0.3 is 5.11 Å². The average molecular weight is 304 g/mol. The molecule has 0 aliphatic rings. The fraction of sp³-hybridized carbons (Fsp3) is 0. The first-order valence-corrected chi connectivity index (χ1v) is 7.32. The van der Waals surface area contributed by atoms with E-state index in [4.69, 9.17) is 0 Å². The second kappa shape index (κ2) is 5.35. The predicted molar refractivity (Wildman–Crippen MR) is 76.7 cm³/mol. The number of carbonyl (C=O) groups excluding carboxylic acids is 1. The molecule has 100 valence electrons. The smallest absolute Gasteiger partial charge is 0.239 e. The first-order valence-electron chi connectivity index (χ1n) is 5.56. The van der Waals surface area contributed by atoms with Crippen molar-refractivity contribution in [2.24, 2.45) is 0 Å². The van der Waals surface area contributed by atoms with Gasteiger partial charge in [0.15, 0.2) is 11.5 Å². The fourth-order valence-electron chi connectivity index (χ4n) is 1.64. The van der Waals surface area contributed by atoms with Crippen LogP contribution in [0, 0.1) is 0 Å². The van der Waals surface area contributed by atoms with E-state index in [2.05, 4.69) is 20.6 Å². The maximum atomic E-state index is 12.2. The number of nitrogens with zero attached hydrogens (tertiary/aromatic N) is 3. The SMILES string of the molecule is O=C(C=C(O)c1nn[nH]n1)c1ccsc1-c1cccs1. The van der Waals surface area contributed by atoms with Crippen molar-refractivity contribution in [3.63, 3.8) is 0 Å². The van der Waals surface area contributed by atoms with Crippen LogP contribution >= 0.6 is 22.7 Å². The van der Waals surface area contributed by atoms with Crippen LogP contribution in [0.4, 0.5) is 0 Å². The maximum absolute atomic E-state index is 12.2. The van der Waals surface area contributed by atoms with Gasteiger partial charge in [-0.25, -0.2) is 0 Å². The molecule has 0 fully saturated rings. The largest absolute Gasteiger partial charge is 0.504 e. The van der Waals surface area contributed by atoms with E-state index in [1.54, 1.807) is 17.4 Å². The zero-order valence-corrected chi connectivity index (χ0v) is 11.6. The molecule has 0 amide bonds. The van der Waals surface area contributed by atoms with Gasteiger partial charge in [0.25, 0.3) is 0 Å². The molecule has 0 saturated heterocycles. The topological polar surface area (TPSA) is 91.8 Å². The van der Waals surface area contributed by atoms with Crippen molar-refractivity contribution >= 4 is 34.2 Å². The van der Waals surface area contributed by atoms with Crippen LogP contribution in [0.15, 0.2) is 35.0 Å². The summed E-state index contributed by atoms with van der Waals surface area (Å²) >= 11 is 3.05. The summed E-state index contributed by atoms with van der Waals surface area (Å²) in [7, 11) is 0. The van der Waals surface area contributed by atoms with E-state index in [-0.39, 0.29) is 17.4 Å². The zero-order chi connectivity index (χ0) is 13.9. The third-order valence-electron chi connectivity index (χ3n) is 2.52. The molecule has 0 unspecified atom stereocenters. The van der Waals surface area contributed by atoms with Gasteiger partial charge in [-0.1, -0.05) is 6.07 Å². The van der Waals surface area contributed by atoms with Crippen molar-refractivity contribution < 1.29 is 9.90 Å². The van der Waals surface area contributed by atoms with Crippen LogP contribution in [0.1, 0.15) is 16.2 Å². The Hall–Kier alpha value is -2.32. The lowest BCUT2D eigenvalue weighted by Crippen LogP contribution is -1.97. The molecule has 3 rings (SSSR count). The number of rotatable bonds is 4. The van der Waals surface area contributed by atoms with Crippen LogP contribution in [0.2, 0.25) is 0 Å². The quantitative estimate of drug-likeness (QED) is 0.439. The van der Waals surface area contributed by atoms with E-state index < -0.39 is 0 Å². The van der Waals surface area contributed by atoms with Gasteiger partial charge >= 0.3 is 0 Å². The highest BCUT2D eigenvalue weighted by molar-refractivity contribution is 7.20. The minimum atomic E-state index is -0.313. The lowest BCUT2D eigenvalue weighted by Gasteiger charge is -1.98. The summed E-state index contributed by atoms with van der Waals surface area (Å²) < 4.78 is 0. The zero-order valence-electron chi connectivity index (χ0n) is 9.98. The van der Waals surface area contributed by atoms with Gasteiger partial charge in [0.05, 0.1) is 4.88 Å². The molecule has 0 aromatic carbocycles. The molecule has 6 nitrogen and oxygen atoms in total. The number of aromatic amines is 1. The number of hydrogen-bond donors (Lipinski definition) is 2. The van der Waals surface area contributed by atoms with E-state index >= 15 is 0 Å². The highest BCUT2D eigenvalue weighted by Crippen LogP contribution is 2.33. The Balaban J connectivity index is 1.93. The molecule has 0 aliphatic heterocycles. The monoisotopic (exact) mass is 304 g/mol. The minimum absolute atomic E-state index is 0.00810. The molecule has 0 radical (unpaired) electrons. The van der Waals surface area contributed by atoms with Gasteiger partial charge in [-0.15, -0.1) is 32.9 Å². The van der Waals surface area contributed by atoms with Crippen molar-refractivity contribution in [3.05, 3.63) is 46.4 Å². The number of hydrogen-bond acceptors (Lipinski definition) is 7. The molecule has 0 spiro atoms. The molecular formula is C12H8N4O2S2. The van der Waals surface area contributed by atoms with Crippen molar-refractivity contribution in [1.29, 1.82) is 0 Å². The van der Waals surface area contributed by atoms with E-state index in [1.165, 1.54) is 11.3 Å². The molecule has 0 saturated carbocycles. The first-order chi connectivity index (χ1) is 9.75. The van der Waals surface area contributed by atoms with Crippen molar-refractivity contribution in [2.75, 3.05) is 0 Å². The molecular weight excluding hydrogens is 296 g/mol. The molecule has 8 heteroatoms. The summed E-state index contributed by atoms with van der Waals surface area (Å²) in [5.41, 5.74) is 0.549. The van der Waals surface area contributed by atoms with E-state index in [1.807, 2.05) is 22.9 Å². The first kappa shape index (κ1) is 12.7. The van der Waals surface area contributed by atoms with Crippen LogP contribution in [0.5, 0.6) is 0 Å². The number of aliphatic hydroxyl groups is 1. The van der Waals surface area contributed by atoms with Gasteiger partial charge in [0, 0.05) is 16.5 Å². The third-order valence-corrected chi connectivity index (χ3v) is 4.48. The van der Waals surface area contributed by atoms with E-state index in [9.17, 15) is 9.90 Å². The Morgan fingerprint density at radius 2 is 2.20 bits per heavy atom. The number of H-pyrrole nitrogens is 1. The predicted octanol–water partition coefficient (Wildman–Crippen LogP) is 2.77. The molecule has 3 heterocycles. The lowest BCUT2D eigenvalue weighted by atomic mass is 10.1. The number of tetrazole rings is 1. The Kier molecular flexibility index (Phi) is 3.40. The van der Waals surface area contributed by atoms with Gasteiger partial charge in [0.1, 0.15) is 0 Å². The van der Waals surface area contributed by atoms with Gasteiger partial charge in [-0.3, -0.25) is 4.79 Å². The standard InChI is InChI=1S/C12H8N4O2S2/c17-8(6-9(18)12-13-15-16-14-12)7-3-5-20-11(7)10-2-1-4-19-10/h1-6,18H,(H,13,14,15,16). The minimum Gasteiger partial charge on any atom is -0.504 e. The maximum Gasteiger partial charge on any atom is 0.239 e. The summed E-state index contributed by atoms with van der Waals surface area (Å²) in [5, 5.41) is 26.3. The molecule has 0 bridgehead atoms. The summed E-state index contributed by atoms with van der Waals surface area (Å²) in [6.45, 7) is 0. The average Bonchev–Trinajstić information content (AvgIpc) is 3.19. The molecule has 0 atom stereocenters. The van der Waals surface area contributed by atoms with Gasteiger partial charge in [0.2, 0.25) is 5.82 Å². The fourth-order valence-corrected chi connectivity index (χ4v) is 3.43. The number of carbonyl (C=O) groups is 1. The van der Waals surface area contributed by atoms with E-state index in [0.29, 0.717) is 5.56 Å². The molecule has 0 aliphatic carbocycles. The Morgan fingerprint density at radius 3 is 2.90 bits per heavy atom. The Labute approximate surface area is 121 Å². The lowest BCUT2D eigenvalue weighted by molar-refractivity contribution is 0.104. The highest BCUT2D eigenvalue weighted by Gasteiger charge is 2.15. The number of aliphatic hydroxyl groups excluding tert-OH is 1. The Morgan fingerprint density at radius 1 is 1.30 bits per heavy atom. The number of aromatic nitrogens is 4. The van der Waals surface area contributed by atoms with Crippen LogP contribution in [-0.4, -0.2) is 31.5 Å². The molecule has 3 aromatic heterocycles. The molecule has 20 heavy (non-hydrogen) atoms. The van der Waals surface area contributed by atoms with Crippen LogP contribution in [0.25, 0.3) is 15.5 Å². The summed E-state index contributed by atoms with van der Waals surface area (Å²) in [6.07, 6.45) is 1.10. The van der Waals surface area contributed by atoms with Crippen molar-refractivity contribution in [1.82, 2.24) is 20.6 Å². The number of nitrogens with one attached hydrogen (secondary N) is 1. The van der Waals surface area contributed by atoms with Crippen molar-refractivity contribution in [2.45, 2.75) is 0 Å². The molecule has 3 aromatic rings. The van der Waals surface area contributed by atoms with Gasteiger partial charge in [-0.05, 0) is 28.1 Å². The van der Waals surface area contributed by atoms with Crippen LogP contribution < -0.4 is 0 Å². The molecule has 2 N–H and O–H groups in total. The van der Waals surface area contributed by atoms with E-state index in [0.717, 1.165) is 15.8 Å². The number of ketones is 1. The van der Waals surface area contributed by atoms with Crippen LogP contribution in [0.3, 0.4) is 0 Å². The summed E-state index contributed by atoms with van der Waals surface area (Å²) in [5.74, 6) is -0.615. The highest BCUT2D eigenvalue weighted by atomic mass is 32.1. The summed E-state index contributed by atoms with van der Waals surface area (Å²) in [4.78, 5) is 14.1. The third kappa shape index (κ3) is 2.38. The van der Waals surface area contributed by atoms with Crippen LogP contribution in [-0.2, 0) is 0 Å². The second-order valence-electron chi connectivity index (χ2n) is 3.77. The van der Waals surface area contributed by atoms with Crippen molar-refractivity contribution in [3.8, 4) is 9.75 Å². The Bertz CT molecular complexity index is 744. The normalized spacial score (nSPS) is 11.7. The summed E-state index contributed by atoms with van der Waals surface area (Å²) in [6, 6.07) is 5.62. The number of allylic oxidation sites excluding steroid dienone is 1. The second-order valence-corrected chi connectivity index (χ2v) is 5.63. The van der Waals surface area contributed by atoms with Gasteiger partial charge in [-0.2, -0.15) is 5.21 Å². The number of thiophene rings is 2.